The average molecular weight is 381 g/mol. The molecule has 3 rings (SSSR count). The molecule has 0 spiro atoms. The second-order valence-electron chi connectivity index (χ2n) is 6.67. The van der Waals surface area contributed by atoms with Gasteiger partial charge in [0.25, 0.3) is 5.91 Å². The number of aliphatic carboxylic acids is 1. The van der Waals surface area contributed by atoms with Gasteiger partial charge in [0.1, 0.15) is 0 Å². The van der Waals surface area contributed by atoms with Gasteiger partial charge in [-0.3, -0.25) is 9.59 Å². The highest BCUT2D eigenvalue weighted by Gasteiger charge is 2.41. The number of hydrogen-bond acceptors (Lipinski definition) is 3. The van der Waals surface area contributed by atoms with Crippen molar-refractivity contribution in [3.63, 3.8) is 0 Å². The summed E-state index contributed by atoms with van der Waals surface area (Å²) < 4.78 is 41.6. The van der Waals surface area contributed by atoms with Gasteiger partial charge in [0.05, 0.1) is 23.4 Å². The second kappa shape index (κ2) is 7.05. The number of carboxylic acids is 1. The van der Waals surface area contributed by atoms with Gasteiger partial charge in [-0.15, -0.1) is 0 Å². The third-order valence-corrected chi connectivity index (χ3v) is 4.68. The summed E-state index contributed by atoms with van der Waals surface area (Å²) >= 11 is 0. The average Bonchev–Trinajstić information content (AvgIpc) is 3.22. The Morgan fingerprint density at radius 1 is 1.22 bits per heavy atom. The number of amides is 1. The highest BCUT2D eigenvalue weighted by molar-refractivity contribution is 5.95. The lowest BCUT2D eigenvalue weighted by Crippen LogP contribution is -2.34. The number of halogens is 3. The summed E-state index contributed by atoms with van der Waals surface area (Å²) in [6, 6.07) is 5.83. The molecule has 1 aromatic carbocycles. The van der Waals surface area contributed by atoms with Gasteiger partial charge < -0.3 is 10.4 Å². The van der Waals surface area contributed by atoms with Gasteiger partial charge in [-0.1, -0.05) is 17.7 Å². The number of nitrogens with zero attached hydrogens (tertiary/aromatic N) is 2. The first-order valence-corrected chi connectivity index (χ1v) is 8.42. The number of carbonyl (C=O) groups is 2. The van der Waals surface area contributed by atoms with E-state index < -0.39 is 41.3 Å². The molecule has 1 aliphatic rings. The van der Waals surface area contributed by atoms with Crippen LogP contribution < -0.4 is 5.32 Å². The zero-order valence-corrected chi connectivity index (χ0v) is 14.5. The normalized spacial score (nSPS) is 19.9. The predicted molar refractivity (Wildman–Crippen MR) is 89.5 cm³/mol. The molecule has 144 valence electrons. The Morgan fingerprint density at radius 3 is 2.44 bits per heavy atom. The van der Waals surface area contributed by atoms with Gasteiger partial charge >= 0.3 is 12.1 Å². The molecule has 0 aliphatic heterocycles. The Kier molecular flexibility index (Phi) is 4.95. The lowest BCUT2D eigenvalue weighted by molar-refractivity contribution is -0.143. The standard InChI is InChI=1S/C18H18F3N3O3/c1-10-2-6-13(7-3-10)24-15(18(19,20)21)14(9-22-24)16(25)23-12-5-4-11(8-12)17(26)27/h2-3,6-7,9,11-12H,4-5,8H2,1H3,(H,23,25)(H,26,27)/t11-,12+/m0/s1. The van der Waals surface area contributed by atoms with E-state index in [0.29, 0.717) is 17.5 Å². The van der Waals surface area contributed by atoms with Crippen LogP contribution >= 0.6 is 0 Å². The number of carbonyl (C=O) groups excluding carboxylic acids is 1. The quantitative estimate of drug-likeness (QED) is 0.852. The molecule has 2 N–H and O–H groups in total. The largest absolute Gasteiger partial charge is 0.481 e. The molecule has 1 aromatic heterocycles. The van der Waals surface area contributed by atoms with Crippen LogP contribution in [0.3, 0.4) is 0 Å². The monoisotopic (exact) mass is 381 g/mol. The van der Waals surface area contributed by atoms with Crippen molar-refractivity contribution in [1.82, 2.24) is 15.1 Å². The maximum absolute atomic E-state index is 13.6. The molecule has 1 amide bonds. The van der Waals surface area contributed by atoms with E-state index in [0.717, 1.165) is 11.8 Å². The zero-order chi connectivity index (χ0) is 19.8. The van der Waals surface area contributed by atoms with Crippen molar-refractivity contribution in [3.05, 3.63) is 47.3 Å². The van der Waals surface area contributed by atoms with E-state index in [4.69, 9.17) is 5.11 Å². The Hall–Kier alpha value is -2.84. The Morgan fingerprint density at radius 2 is 1.89 bits per heavy atom. The van der Waals surface area contributed by atoms with Crippen molar-refractivity contribution < 1.29 is 27.9 Å². The molecular formula is C18H18F3N3O3. The summed E-state index contributed by atoms with van der Waals surface area (Å²) in [5.41, 5.74) is -0.663. The van der Waals surface area contributed by atoms with Crippen LogP contribution in [0.25, 0.3) is 5.69 Å². The number of hydrogen-bond donors (Lipinski definition) is 2. The molecule has 2 atom stereocenters. The fraction of sp³-hybridized carbons (Fsp3) is 0.389. The van der Waals surface area contributed by atoms with Crippen LogP contribution in [-0.2, 0) is 11.0 Å². The maximum atomic E-state index is 13.6. The Bertz CT molecular complexity index is 859. The third-order valence-electron chi connectivity index (χ3n) is 4.68. The minimum Gasteiger partial charge on any atom is -0.481 e. The summed E-state index contributed by atoms with van der Waals surface area (Å²) in [7, 11) is 0. The van der Waals surface area contributed by atoms with Crippen molar-refractivity contribution in [3.8, 4) is 5.69 Å². The first-order chi connectivity index (χ1) is 12.7. The minimum atomic E-state index is -4.78. The van der Waals surface area contributed by atoms with Gasteiger partial charge in [-0.25, -0.2) is 4.68 Å². The molecule has 9 heteroatoms. The first-order valence-electron chi connectivity index (χ1n) is 8.42. The molecule has 0 saturated heterocycles. The van der Waals surface area contributed by atoms with E-state index in [-0.39, 0.29) is 12.1 Å². The van der Waals surface area contributed by atoms with Crippen molar-refractivity contribution >= 4 is 11.9 Å². The topological polar surface area (TPSA) is 84.2 Å². The highest BCUT2D eigenvalue weighted by atomic mass is 19.4. The smallest absolute Gasteiger partial charge is 0.434 e. The fourth-order valence-corrected chi connectivity index (χ4v) is 3.27. The molecule has 2 aromatic rings. The Balaban J connectivity index is 1.88. The minimum absolute atomic E-state index is 0.193. The number of nitrogens with one attached hydrogen (secondary N) is 1. The van der Waals surface area contributed by atoms with Crippen LogP contribution in [0.1, 0.15) is 40.9 Å². The molecule has 1 fully saturated rings. The van der Waals surface area contributed by atoms with E-state index >= 15 is 0 Å². The van der Waals surface area contributed by atoms with Gasteiger partial charge in [0.2, 0.25) is 0 Å². The van der Waals surface area contributed by atoms with Crippen molar-refractivity contribution in [1.29, 1.82) is 0 Å². The van der Waals surface area contributed by atoms with E-state index in [2.05, 4.69) is 10.4 Å². The zero-order valence-electron chi connectivity index (χ0n) is 14.5. The molecule has 0 bridgehead atoms. The summed E-state index contributed by atoms with van der Waals surface area (Å²) in [5.74, 6) is -2.46. The van der Waals surface area contributed by atoms with Gasteiger partial charge in [0, 0.05) is 6.04 Å². The van der Waals surface area contributed by atoms with E-state index in [1.54, 1.807) is 12.1 Å². The van der Waals surface area contributed by atoms with Crippen LogP contribution in [0, 0.1) is 12.8 Å². The van der Waals surface area contributed by atoms with E-state index in [1.807, 2.05) is 6.92 Å². The highest BCUT2D eigenvalue weighted by Crippen LogP contribution is 2.34. The van der Waals surface area contributed by atoms with Crippen molar-refractivity contribution in [2.24, 2.45) is 5.92 Å². The molecule has 6 nitrogen and oxygen atoms in total. The maximum Gasteiger partial charge on any atom is 0.434 e. The van der Waals surface area contributed by atoms with Crippen LogP contribution in [0.15, 0.2) is 30.5 Å². The van der Waals surface area contributed by atoms with Crippen molar-refractivity contribution in [2.75, 3.05) is 0 Å². The first kappa shape index (κ1) is 18.9. The van der Waals surface area contributed by atoms with Crippen molar-refractivity contribution in [2.45, 2.75) is 38.4 Å². The number of benzene rings is 1. The molecule has 1 heterocycles. The van der Waals surface area contributed by atoms with Gasteiger partial charge in [-0.2, -0.15) is 18.3 Å². The number of aromatic nitrogens is 2. The lowest BCUT2D eigenvalue weighted by atomic mass is 10.1. The third kappa shape index (κ3) is 3.96. The molecule has 0 radical (unpaired) electrons. The molecule has 0 unspecified atom stereocenters. The van der Waals surface area contributed by atoms with Crippen LogP contribution in [0.5, 0.6) is 0 Å². The van der Waals surface area contributed by atoms with E-state index in [1.165, 1.54) is 12.1 Å². The fourth-order valence-electron chi connectivity index (χ4n) is 3.27. The molecule has 27 heavy (non-hydrogen) atoms. The number of alkyl halides is 3. The SMILES string of the molecule is Cc1ccc(-n2ncc(C(=O)N[C@@H]3CC[C@H](C(=O)O)C3)c2C(F)(F)F)cc1. The molecule has 1 aliphatic carbocycles. The molecule has 1 saturated carbocycles. The number of aryl methyl sites for hydroxylation is 1. The summed E-state index contributed by atoms with van der Waals surface area (Å²) in [6.45, 7) is 1.81. The summed E-state index contributed by atoms with van der Waals surface area (Å²) in [5, 5.41) is 15.3. The van der Waals surface area contributed by atoms with Crippen LogP contribution in [0.2, 0.25) is 0 Å². The predicted octanol–water partition coefficient (Wildman–Crippen LogP) is 3.18. The lowest BCUT2D eigenvalue weighted by Gasteiger charge is -2.15. The summed E-state index contributed by atoms with van der Waals surface area (Å²) in [6.07, 6.45) is -2.89. The van der Waals surface area contributed by atoms with Crippen LogP contribution in [-0.4, -0.2) is 32.8 Å². The van der Waals surface area contributed by atoms with Gasteiger partial charge in [0.15, 0.2) is 5.69 Å². The van der Waals surface area contributed by atoms with Gasteiger partial charge in [-0.05, 0) is 38.3 Å². The second-order valence-corrected chi connectivity index (χ2v) is 6.67. The van der Waals surface area contributed by atoms with Crippen LogP contribution in [0.4, 0.5) is 13.2 Å². The Labute approximate surface area is 153 Å². The van der Waals surface area contributed by atoms with E-state index in [9.17, 15) is 22.8 Å². The number of carboxylic acid groups (broad SMARTS) is 1. The number of rotatable bonds is 4. The molecular weight excluding hydrogens is 363 g/mol. The summed E-state index contributed by atoms with van der Waals surface area (Å²) in [4.78, 5) is 23.4.